The van der Waals surface area contributed by atoms with Crippen LogP contribution in [-0.2, 0) is 10.0 Å². The predicted molar refractivity (Wildman–Crippen MR) is 74.1 cm³/mol. The number of nitrogens with one attached hydrogen (secondary N) is 1. The lowest BCUT2D eigenvalue weighted by atomic mass is 10.2. The Hall–Kier alpha value is -1.51. The molecule has 1 fully saturated rings. The Morgan fingerprint density at radius 3 is 2.70 bits per heavy atom. The first-order valence-electron chi connectivity index (χ1n) is 6.39. The molecule has 20 heavy (non-hydrogen) atoms. The van der Waals surface area contributed by atoms with Crippen LogP contribution < -0.4 is 5.32 Å². The Labute approximate surface area is 117 Å². The summed E-state index contributed by atoms with van der Waals surface area (Å²) >= 11 is 0. The maximum Gasteiger partial charge on any atom is 0.269 e. The molecule has 0 bridgehead atoms. The summed E-state index contributed by atoms with van der Waals surface area (Å²) < 4.78 is 26.6. The third-order valence-corrected chi connectivity index (χ3v) is 5.35. The second kappa shape index (κ2) is 5.86. The number of hydrogen-bond acceptors (Lipinski definition) is 5. The highest BCUT2D eigenvalue weighted by atomic mass is 32.2. The SMILES string of the molecule is Cc1cc([N+](=O)[O-])ccc1S(=O)(=O)N1CCCNCC1. The summed E-state index contributed by atoms with van der Waals surface area (Å²) in [4.78, 5) is 10.3. The minimum Gasteiger partial charge on any atom is -0.315 e. The molecule has 0 radical (unpaired) electrons. The van der Waals surface area contributed by atoms with Gasteiger partial charge in [0, 0.05) is 31.8 Å². The Morgan fingerprint density at radius 1 is 1.30 bits per heavy atom. The van der Waals surface area contributed by atoms with Crippen molar-refractivity contribution in [2.45, 2.75) is 18.2 Å². The van der Waals surface area contributed by atoms with E-state index in [-0.39, 0.29) is 10.6 Å². The largest absolute Gasteiger partial charge is 0.315 e. The quantitative estimate of drug-likeness (QED) is 0.661. The molecule has 0 saturated carbocycles. The molecule has 1 aliphatic rings. The molecule has 7 nitrogen and oxygen atoms in total. The van der Waals surface area contributed by atoms with Gasteiger partial charge in [-0.25, -0.2) is 8.42 Å². The van der Waals surface area contributed by atoms with Crippen molar-refractivity contribution in [3.63, 3.8) is 0 Å². The number of benzene rings is 1. The van der Waals surface area contributed by atoms with E-state index in [1.54, 1.807) is 6.92 Å². The number of non-ortho nitro benzene ring substituents is 1. The highest BCUT2D eigenvalue weighted by Gasteiger charge is 2.27. The summed E-state index contributed by atoms with van der Waals surface area (Å²) in [6.45, 7) is 3.87. The van der Waals surface area contributed by atoms with Gasteiger partial charge in [0.25, 0.3) is 5.69 Å². The lowest BCUT2D eigenvalue weighted by Crippen LogP contribution is -2.34. The maximum absolute atomic E-state index is 12.6. The van der Waals surface area contributed by atoms with Gasteiger partial charge in [0.1, 0.15) is 0 Å². The van der Waals surface area contributed by atoms with Crippen molar-refractivity contribution in [3.8, 4) is 0 Å². The molecule has 1 aliphatic heterocycles. The fourth-order valence-electron chi connectivity index (χ4n) is 2.24. The second-order valence-electron chi connectivity index (χ2n) is 4.71. The Morgan fingerprint density at radius 2 is 2.05 bits per heavy atom. The highest BCUT2D eigenvalue weighted by Crippen LogP contribution is 2.24. The van der Waals surface area contributed by atoms with Gasteiger partial charge in [-0.3, -0.25) is 10.1 Å². The molecule has 0 spiro atoms. The number of aryl methyl sites for hydroxylation is 1. The fraction of sp³-hybridized carbons (Fsp3) is 0.500. The monoisotopic (exact) mass is 299 g/mol. The standard InChI is InChI=1S/C12H17N3O4S/c1-10-9-11(15(16)17)3-4-12(10)20(18,19)14-7-2-5-13-6-8-14/h3-4,9,13H,2,5-8H2,1H3. The molecule has 0 amide bonds. The van der Waals surface area contributed by atoms with Gasteiger partial charge in [0.05, 0.1) is 9.82 Å². The number of hydrogen-bond donors (Lipinski definition) is 1. The molecular formula is C12H17N3O4S. The average molecular weight is 299 g/mol. The molecule has 1 N–H and O–H groups in total. The van der Waals surface area contributed by atoms with Crippen LogP contribution in [0.25, 0.3) is 0 Å². The van der Waals surface area contributed by atoms with Gasteiger partial charge >= 0.3 is 0 Å². The van der Waals surface area contributed by atoms with Gasteiger partial charge in [-0.1, -0.05) is 0 Å². The van der Waals surface area contributed by atoms with Crippen LogP contribution in [0.15, 0.2) is 23.1 Å². The van der Waals surface area contributed by atoms with Gasteiger partial charge in [-0.15, -0.1) is 0 Å². The van der Waals surface area contributed by atoms with E-state index in [9.17, 15) is 18.5 Å². The van der Waals surface area contributed by atoms with Crippen LogP contribution in [0.5, 0.6) is 0 Å². The van der Waals surface area contributed by atoms with Crippen LogP contribution >= 0.6 is 0 Å². The van der Waals surface area contributed by atoms with Crippen molar-refractivity contribution in [3.05, 3.63) is 33.9 Å². The molecule has 0 unspecified atom stereocenters. The van der Waals surface area contributed by atoms with E-state index in [0.717, 1.165) is 13.0 Å². The number of nitrogens with zero attached hydrogens (tertiary/aromatic N) is 2. The maximum atomic E-state index is 12.6. The number of sulfonamides is 1. The van der Waals surface area contributed by atoms with Crippen molar-refractivity contribution in [2.75, 3.05) is 26.2 Å². The van der Waals surface area contributed by atoms with Crippen LogP contribution in [0, 0.1) is 17.0 Å². The van der Waals surface area contributed by atoms with Crippen molar-refractivity contribution < 1.29 is 13.3 Å². The molecule has 1 heterocycles. The zero-order chi connectivity index (χ0) is 14.8. The third kappa shape index (κ3) is 2.97. The van der Waals surface area contributed by atoms with Crippen molar-refractivity contribution in [1.82, 2.24) is 9.62 Å². The van der Waals surface area contributed by atoms with Crippen LogP contribution in [0.4, 0.5) is 5.69 Å². The lowest BCUT2D eigenvalue weighted by Gasteiger charge is -2.20. The zero-order valence-electron chi connectivity index (χ0n) is 11.2. The summed E-state index contributed by atoms with van der Waals surface area (Å²) in [5.41, 5.74) is 0.301. The number of nitro groups is 1. The first kappa shape index (κ1) is 14.9. The minimum absolute atomic E-state index is 0.0982. The van der Waals surface area contributed by atoms with E-state index < -0.39 is 14.9 Å². The van der Waals surface area contributed by atoms with Gasteiger partial charge in [-0.05, 0) is 31.5 Å². The minimum atomic E-state index is -3.59. The molecule has 0 aliphatic carbocycles. The smallest absolute Gasteiger partial charge is 0.269 e. The Bertz CT molecular complexity index is 607. The van der Waals surface area contributed by atoms with E-state index in [4.69, 9.17) is 0 Å². The summed E-state index contributed by atoms with van der Waals surface area (Å²) in [5.74, 6) is 0. The van der Waals surface area contributed by atoms with E-state index in [1.807, 2.05) is 0 Å². The van der Waals surface area contributed by atoms with Crippen LogP contribution in [-0.4, -0.2) is 43.8 Å². The highest BCUT2D eigenvalue weighted by molar-refractivity contribution is 7.89. The Kier molecular flexibility index (Phi) is 4.36. The first-order chi connectivity index (χ1) is 9.43. The zero-order valence-corrected chi connectivity index (χ0v) is 12.0. The third-order valence-electron chi connectivity index (χ3n) is 3.29. The van der Waals surface area contributed by atoms with Crippen LogP contribution in [0.2, 0.25) is 0 Å². The number of rotatable bonds is 3. The van der Waals surface area contributed by atoms with Crippen molar-refractivity contribution >= 4 is 15.7 Å². The normalized spacial score (nSPS) is 17.6. The molecule has 1 aromatic carbocycles. The molecule has 8 heteroatoms. The van der Waals surface area contributed by atoms with Crippen molar-refractivity contribution in [2.24, 2.45) is 0 Å². The molecule has 0 aromatic heterocycles. The van der Waals surface area contributed by atoms with Gasteiger partial charge in [0.2, 0.25) is 10.0 Å². The first-order valence-corrected chi connectivity index (χ1v) is 7.83. The van der Waals surface area contributed by atoms with Gasteiger partial charge in [-0.2, -0.15) is 4.31 Å². The van der Waals surface area contributed by atoms with Gasteiger partial charge < -0.3 is 5.32 Å². The Balaban J connectivity index is 2.36. The number of nitro benzene ring substituents is 1. The van der Waals surface area contributed by atoms with Crippen LogP contribution in [0.1, 0.15) is 12.0 Å². The van der Waals surface area contributed by atoms with E-state index in [0.29, 0.717) is 25.2 Å². The van der Waals surface area contributed by atoms with Crippen molar-refractivity contribution in [1.29, 1.82) is 0 Å². The molecule has 1 aromatic rings. The van der Waals surface area contributed by atoms with E-state index in [2.05, 4.69) is 5.32 Å². The summed E-state index contributed by atoms with van der Waals surface area (Å²) in [6.07, 6.45) is 0.755. The van der Waals surface area contributed by atoms with E-state index >= 15 is 0 Å². The molecule has 2 rings (SSSR count). The molecule has 1 saturated heterocycles. The average Bonchev–Trinajstić information content (AvgIpc) is 2.67. The molecular weight excluding hydrogens is 282 g/mol. The topological polar surface area (TPSA) is 92.5 Å². The predicted octanol–water partition coefficient (Wildman–Crippen LogP) is 0.887. The molecule has 0 atom stereocenters. The second-order valence-corrected chi connectivity index (χ2v) is 6.62. The summed E-state index contributed by atoms with van der Waals surface area (Å²) in [5, 5.41) is 13.8. The van der Waals surface area contributed by atoms with Crippen LogP contribution in [0.3, 0.4) is 0 Å². The van der Waals surface area contributed by atoms with E-state index in [1.165, 1.54) is 22.5 Å². The lowest BCUT2D eigenvalue weighted by molar-refractivity contribution is -0.385. The fourth-order valence-corrected chi connectivity index (χ4v) is 3.92. The van der Waals surface area contributed by atoms with Gasteiger partial charge in [0.15, 0.2) is 0 Å². The summed E-state index contributed by atoms with van der Waals surface area (Å²) in [6, 6.07) is 3.85. The molecule has 110 valence electrons. The summed E-state index contributed by atoms with van der Waals surface area (Å²) in [7, 11) is -3.59.